The van der Waals surface area contributed by atoms with Crippen LogP contribution in [0.15, 0.2) is 51.2 Å². The van der Waals surface area contributed by atoms with Crippen LogP contribution in [0, 0.1) is 5.92 Å². The summed E-state index contributed by atoms with van der Waals surface area (Å²) in [5.74, 6) is -2.32. The van der Waals surface area contributed by atoms with Crippen LogP contribution in [-0.4, -0.2) is 45.6 Å². The van der Waals surface area contributed by atoms with Gasteiger partial charge in [0.15, 0.2) is 5.75 Å². The number of hydrogen-bond donors (Lipinski definition) is 2. The fourth-order valence-electron chi connectivity index (χ4n) is 6.19. The lowest BCUT2D eigenvalue weighted by Crippen LogP contribution is -2.58. The van der Waals surface area contributed by atoms with Crippen LogP contribution in [0.4, 0.5) is 5.82 Å². The maximum absolute atomic E-state index is 14.8. The number of methoxy groups -OCH3 is 2. The van der Waals surface area contributed by atoms with Gasteiger partial charge in [0.2, 0.25) is 17.2 Å². The first-order valence-corrected chi connectivity index (χ1v) is 13.2. The molecule has 0 bridgehead atoms. The van der Waals surface area contributed by atoms with E-state index in [2.05, 4.69) is 5.32 Å². The highest BCUT2D eigenvalue weighted by Gasteiger charge is 2.63. The fourth-order valence-corrected chi connectivity index (χ4v) is 6.45. The van der Waals surface area contributed by atoms with E-state index in [1.807, 2.05) is 0 Å². The van der Waals surface area contributed by atoms with Crippen molar-refractivity contribution in [2.24, 2.45) is 20.0 Å². The second kappa shape index (κ2) is 9.00. The first-order chi connectivity index (χ1) is 19.5. The van der Waals surface area contributed by atoms with E-state index in [1.54, 1.807) is 19.1 Å². The third-order valence-electron chi connectivity index (χ3n) is 8.30. The first-order valence-electron chi connectivity index (χ1n) is 12.8. The minimum absolute atomic E-state index is 0.00836. The van der Waals surface area contributed by atoms with Crippen molar-refractivity contribution < 1.29 is 28.9 Å². The molecule has 0 saturated heterocycles. The normalized spacial score (nSPS) is 22.6. The van der Waals surface area contributed by atoms with E-state index in [0.29, 0.717) is 11.3 Å². The molecule has 6 rings (SSSR count). The molecular weight excluding hydrogens is 554 g/mol. The standard InChI is InChI=1S/C29H26ClN3O8/c1-12-10-15-19(24(35)29(12)25(36)20-16(39-4)11-17(40-5)22(30)23(20)41-29)18(13-6-8-14(34)9-7-13)21-26(31-15)32(2)28(38)33(3)27(21)37/h6-9,11-12,18,31,34H,10H2,1-5H3. The molecule has 2 aliphatic heterocycles. The number of halogens is 1. The lowest BCUT2D eigenvalue weighted by atomic mass is 9.66. The summed E-state index contributed by atoms with van der Waals surface area (Å²) in [7, 11) is 5.69. The molecule has 0 saturated carbocycles. The summed E-state index contributed by atoms with van der Waals surface area (Å²) in [5, 5.41) is 13.2. The number of Topliss-reactive ketones (excluding diaryl/α,β-unsaturated/α-hetero) is 2. The minimum atomic E-state index is -2.00. The summed E-state index contributed by atoms with van der Waals surface area (Å²) in [6.45, 7) is 1.72. The van der Waals surface area contributed by atoms with Crippen molar-refractivity contribution in [3.05, 3.63) is 84.2 Å². The SMILES string of the molecule is COc1cc(OC)c2c(c1Cl)OC1(C(=O)C3=C(CC1C)Nc1c(c(=O)n(C)c(=O)n1C)C3c1ccc(O)cc1)C2=O. The molecule has 3 aromatic rings. The molecule has 212 valence electrons. The summed E-state index contributed by atoms with van der Waals surface area (Å²) in [4.78, 5) is 55.4. The van der Waals surface area contributed by atoms with E-state index in [4.69, 9.17) is 25.8 Å². The van der Waals surface area contributed by atoms with Crippen LogP contribution in [-0.2, 0) is 18.9 Å². The molecule has 3 atom stereocenters. The van der Waals surface area contributed by atoms with E-state index >= 15 is 0 Å². The Balaban J connectivity index is 1.61. The molecule has 0 radical (unpaired) electrons. The number of benzene rings is 2. The summed E-state index contributed by atoms with van der Waals surface area (Å²) >= 11 is 6.57. The van der Waals surface area contributed by atoms with E-state index in [-0.39, 0.29) is 57.0 Å². The predicted octanol–water partition coefficient (Wildman–Crippen LogP) is 2.89. The molecule has 0 amide bonds. The Morgan fingerprint density at radius 2 is 1.68 bits per heavy atom. The number of aromatic nitrogens is 2. The van der Waals surface area contributed by atoms with E-state index in [0.717, 1.165) is 4.57 Å². The third kappa shape index (κ3) is 3.38. The summed E-state index contributed by atoms with van der Waals surface area (Å²) in [6.07, 6.45) is 0.176. The fraction of sp³-hybridized carbons (Fsp3) is 0.310. The van der Waals surface area contributed by atoms with Gasteiger partial charge in [0.05, 0.1) is 19.8 Å². The molecule has 3 unspecified atom stereocenters. The third-order valence-corrected chi connectivity index (χ3v) is 8.66. The number of nitrogens with one attached hydrogen (secondary N) is 1. The van der Waals surface area contributed by atoms with Gasteiger partial charge in [-0.25, -0.2) is 4.79 Å². The highest BCUT2D eigenvalue weighted by molar-refractivity contribution is 6.36. The van der Waals surface area contributed by atoms with Crippen LogP contribution < -0.4 is 30.8 Å². The Labute approximate surface area is 238 Å². The average molecular weight is 580 g/mol. The molecule has 12 heteroatoms. The molecule has 2 N–H and O–H groups in total. The second-order valence-corrected chi connectivity index (χ2v) is 10.8. The zero-order chi connectivity index (χ0) is 29.5. The van der Waals surface area contributed by atoms with Gasteiger partial charge in [-0.3, -0.25) is 23.5 Å². The van der Waals surface area contributed by atoms with E-state index in [1.165, 1.54) is 51.1 Å². The number of ketones is 2. The van der Waals surface area contributed by atoms with Gasteiger partial charge < -0.3 is 24.6 Å². The molecule has 0 fully saturated rings. The number of phenols is 1. The van der Waals surface area contributed by atoms with Crippen molar-refractivity contribution in [1.82, 2.24) is 9.13 Å². The monoisotopic (exact) mass is 579 g/mol. The number of nitrogens with zero attached hydrogens (tertiary/aromatic N) is 2. The maximum Gasteiger partial charge on any atom is 0.332 e. The summed E-state index contributed by atoms with van der Waals surface area (Å²) in [5.41, 5.74) is -1.83. The maximum atomic E-state index is 14.8. The highest BCUT2D eigenvalue weighted by atomic mass is 35.5. The molecular formula is C29H26ClN3O8. The van der Waals surface area contributed by atoms with Crippen LogP contribution in [0.25, 0.3) is 0 Å². The van der Waals surface area contributed by atoms with Gasteiger partial charge in [-0.15, -0.1) is 0 Å². The number of aromatic hydroxyl groups is 1. The summed E-state index contributed by atoms with van der Waals surface area (Å²) in [6, 6.07) is 7.54. The lowest BCUT2D eigenvalue weighted by molar-refractivity contribution is -0.130. The zero-order valence-electron chi connectivity index (χ0n) is 22.8. The molecule has 41 heavy (non-hydrogen) atoms. The molecule has 1 aliphatic carbocycles. The number of carbonyl (C=O) groups is 2. The molecule has 1 spiro atoms. The van der Waals surface area contributed by atoms with Gasteiger partial charge in [-0.2, -0.15) is 0 Å². The van der Waals surface area contributed by atoms with Crippen molar-refractivity contribution in [3.63, 3.8) is 0 Å². The first kappa shape index (κ1) is 26.7. The molecule has 2 aromatic carbocycles. The number of anilines is 1. The van der Waals surface area contributed by atoms with Crippen LogP contribution in [0.5, 0.6) is 23.0 Å². The van der Waals surface area contributed by atoms with Crippen molar-refractivity contribution >= 4 is 29.0 Å². The van der Waals surface area contributed by atoms with Crippen molar-refractivity contribution in [1.29, 1.82) is 0 Å². The average Bonchev–Trinajstić information content (AvgIpc) is 3.28. The number of phenolic OH excluding ortho intramolecular Hbond substituents is 1. The number of hydrogen-bond acceptors (Lipinski definition) is 9. The van der Waals surface area contributed by atoms with Crippen molar-refractivity contribution in [2.45, 2.75) is 24.9 Å². The molecule has 11 nitrogen and oxygen atoms in total. The Kier molecular flexibility index (Phi) is 5.86. The van der Waals surface area contributed by atoms with E-state index in [9.17, 15) is 24.3 Å². The van der Waals surface area contributed by atoms with Gasteiger partial charge in [0, 0.05) is 43.3 Å². The highest BCUT2D eigenvalue weighted by Crippen LogP contribution is 2.56. The Morgan fingerprint density at radius 1 is 1.02 bits per heavy atom. The Morgan fingerprint density at radius 3 is 2.32 bits per heavy atom. The minimum Gasteiger partial charge on any atom is -0.508 e. The number of ether oxygens (including phenoxy) is 3. The second-order valence-electron chi connectivity index (χ2n) is 10.4. The number of fused-ring (bicyclic) bond motifs is 2. The smallest absolute Gasteiger partial charge is 0.332 e. The summed E-state index contributed by atoms with van der Waals surface area (Å²) < 4.78 is 19.4. The Hall–Kier alpha value is -4.51. The zero-order valence-corrected chi connectivity index (χ0v) is 23.6. The van der Waals surface area contributed by atoms with Crippen molar-refractivity contribution in [2.75, 3.05) is 19.5 Å². The van der Waals surface area contributed by atoms with Gasteiger partial charge in [0.25, 0.3) is 5.56 Å². The van der Waals surface area contributed by atoms with E-state index < -0.39 is 40.3 Å². The van der Waals surface area contributed by atoms with Crippen LogP contribution in [0.3, 0.4) is 0 Å². The largest absolute Gasteiger partial charge is 0.508 e. The van der Waals surface area contributed by atoms with Gasteiger partial charge in [-0.1, -0.05) is 30.7 Å². The topological polar surface area (TPSA) is 138 Å². The van der Waals surface area contributed by atoms with Crippen LogP contribution in [0.1, 0.15) is 40.7 Å². The van der Waals surface area contributed by atoms with Gasteiger partial charge in [-0.05, 0) is 24.1 Å². The van der Waals surface area contributed by atoms with Crippen molar-refractivity contribution in [3.8, 4) is 23.0 Å². The predicted molar refractivity (Wildman–Crippen MR) is 149 cm³/mol. The molecule has 3 aliphatic rings. The molecule has 1 aromatic heterocycles. The van der Waals surface area contributed by atoms with Crippen LogP contribution >= 0.6 is 11.6 Å². The van der Waals surface area contributed by atoms with Gasteiger partial charge in [0.1, 0.15) is 33.7 Å². The quantitative estimate of drug-likeness (QED) is 0.448. The van der Waals surface area contributed by atoms with Gasteiger partial charge >= 0.3 is 5.69 Å². The molecule has 3 heterocycles. The van der Waals surface area contributed by atoms with Crippen LogP contribution in [0.2, 0.25) is 5.02 Å². The number of carbonyl (C=O) groups excluding carboxylic acids is 2. The lowest BCUT2D eigenvalue weighted by Gasteiger charge is -2.42. The number of allylic oxidation sites excluding steroid dienone is 1. The Bertz CT molecular complexity index is 1840. The number of rotatable bonds is 3.